The average molecular weight is 453 g/mol. The summed E-state index contributed by atoms with van der Waals surface area (Å²) in [5, 5.41) is 0.706. The molecule has 1 aliphatic rings. The van der Waals surface area contributed by atoms with Crippen molar-refractivity contribution in [1.82, 2.24) is 4.98 Å². The Morgan fingerprint density at radius 1 is 1.00 bits per heavy atom. The van der Waals surface area contributed by atoms with E-state index in [1.807, 2.05) is 60.7 Å². The van der Waals surface area contributed by atoms with Gasteiger partial charge in [-0.2, -0.15) is 8.42 Å². The molecule has 0 spiro atoms. The van der Waals surface area contributed by atoms with Crippen LogP contribution in [0.2, 0.25) is 5.02 Å². The normalized spacial score (nSPS) is 16.1. The average Bonchev–Trinajstić information content (AvgIpc) is 3.20. The molecule has 2 aromatic carbocycles. The molecule has 1 saturated heterocycles. The Morgan fingerprint density at radius 2 is 1.71 bits per heavy atom. The van der Waals surface area contributed by atoms with Crippen molar-refractivity contribution in [2.75, 3.05) is 24.2 Å². The Morgan fingerprint density at radius 3 is 2.35 bits per heavy atom. The third-order valence-electron chi connectivity index (χ3n) is 4.96. The standard InChI is InChI=1S/C24H21ClN2O3S/c1-31(28,29)30-24-14-15-27(17-24)23-12-3-18(4-13-23)2-10-22-11-7-20(16-26-22)19-5-8-21(25)9-6-19/h3-9,11-13,16,24H,14-15,17H2,1H3. The van der Waals surface area contributed by atoms with Crippen LogP contribution in [0.15, 0.2) is 66.9 Å². The van der Waals surface area contributed by atoms with Crippen molar-refractivity contribution in [2.45, 2.75) is 12.5 Å². The molecule has 1 aliphatic heterocycles. The molecule has 1 fully saturated rings. The van der Waals surface area contributed by atoms with E-state index in [2.05, 4.69) is 21.7 Å². The van der Waals surface area contributed by atoms with Crippen molar-refractivity contribution in [3.63, 3.8) is 0 Å². The van der Waals surface area contributed by atoms with Gasteiger partial charge in [-0.25, -0.2) is 4.98 Å². The first-order chi connectivity index (χ1) is 14.9. The second-order valence-corrected chi connectivity index (χ2v) is 9.43. The van der Waals surface area contributed by atoms with E-state index in [4.69, 9.17) is 15.8 Å². The zero-order chi connectivity index (χ0) is 21.8. The van der Waals surface area contributed by atoms with Crippen LogP contribution in [0.5, 0.6) is 0 Å². The van der Waals surface area contributed by atoms with E-state index in [0.29, 0.717) is 23.7 Å². The largest absolute Gasteiger partial charge is 0.369 e. The Bertz CT molecular complexity index is 1210. The number of pyridine rings is 1. The van der Waals surface area contributed by atoms with Gasteiger partial charge in [-0.15, -0.1) is 0 Å². The zero-order valence-corrected chi connectivity index (χ0v) is 18.5. The highest BCUT2D eigenvalue weighted by Gasteiger charge is 2.26. The smallest absolute Gasteiger partial charge is 0.264 e. The SMILES string of the molecule is CS(=O)(=O)OC1CCN(c2ccc(C#Cc3ccc(-c4ccc(Cl)cc4)cn3)cc2)C1. The highest BCUT2D eigenvalue weighted by molar-refractivity contribution is 7.86. The number of benzene rings is 2. The van der Waals surface area contributed by atoms with Gasteiger partial charge in [0.05, 0.1) is 12.4 Å². The van der Waals surface area contributed by atoms with Gasteiger partial charge in [0.15, 0.2) is 0 Å². The van der Waals surface area contributed by atoms with Crippen LogP contribution in [0.1, 0.15) is 17.7 Å². The molecular formula is C24H21ClN2O3S. The van der Waals surface area contributed by atoms with Crippen LogP contribution in [0.4, 0.5) is 5.69 Å². The second-order valence-electron chi connectivity index (χ2n) is 7.39. The molecule has 7 heteroatoms. The molecule has 5 nitrogen and oxygen atoms in total. The molecule has 0 amide bonds. The van der Waals surface area contributed by atoms with Gasteiger partial charge < -0.3 is 4.90 Å². The molecule has 0 N–H and O–H groups in total. The van der Waals surface area contributed by atoms with E-state index in [9.17, 15) is 8.42 Å². The number of anilines is 1. The van der Waals surface area contributed by atoms with Gasteiger partial charge in [0.1, 0.15) is 5.69 Å². The molecule has 3 aromatic rings. The first-order valence-electron chi connectivity index (χ1n) is 9.83. The summed E-state index contributed by atoms with van der Waals surface area (Å²) < 4.78 is 27.7. The summed E-state index contributed by atoms with van der Waals surface area (Å²) in [6, 6.07) is 19.4. The number of hydrogen-bond acceptors (Lipinski definition) is 5. The van der Waals surface area contributed by atoms with E-state index < -0.39 is 10.1 Å². The van der Waals surface area contributed by atoms with Crippen molar-refractivity contribution in [2.24, 2.45) is 0 Å². The number of aromatic nitrogens is 1. The van der Waals surface area contributed by atoms with Crippen LogP contribution < -0.4 is 4.90 Å². The van der Waals surface area contributed by atoms with Gasteiger partial charge in [-0.05, 0) is 60.4 Å². The molecular weight excluding hydrogens is 432 g/mol. The molecule has 4 rings (SSSR count). The minimum absolute atomic E-state index is 0.295. The number of rotatable bonds is 4. The van der Waals surface area contributed by atoms with Crippen molar-refractivity contribution >= 4 is 27.4 Å². The van der Waals surface area contributed by atoms with Gasteiger partial charge in [0.25, 0.3) is 10.1 Å². The summed E-state index contributed by atoms with van der Waals surface area (Å²) in [6.07, 6.45) is 3.28. The highest BCUT2D eigenvalue weighted by Crippen LogP contribution is 2.23. The van der Waals surface area contributed by atoms with Crippen molar-refractivity contribution in [1.29, 1.82) is 0 Å². The highest BCUT2D eigenvalue weighted by atomic mass is 35.5. The lowest BCUT2D eigenvalue weighted by Crippen LogP contribution is -2.24. The lowest BCUT2D eigenvalue weighted by molar-refractivity contribution is 0.234. The van der Waals surface area contributed by atoms with Crippen LogP contribution in [0, 0.1) is 11.8 Å². The van der Waals surface area contributed by atoms with Crippen molar-refractivity contribution in [3.05, 3.63) is 83.1 Å². The molecule has 0 saturated carbocycles. The van der Waals surface area contributed by atoms with Gasteiger partial charge in [-0.1, -0.05) is 35.7 Å². The number of halogens is 1. The fourth-order valence-corrected chi connectivity index (χ4v) is 4.24. The molecule has 2 heterocycles. The Hall–Kier alpha value is -2.85. The van der Waals surface area contributed by atoms with Gasteiger partial charge in [0.2, 0.25) is 0 Å². The number of hydrogen-bond donors (Lipinski definition) is 0. The van der Waals surface area contributed by atoms with Crippen LogP contribution in [0.25, 0.3) is 11.1 Å². The summed E-state index contributed by atoms with van der Waals surface area (Å²) in [7, 11) is -3.43. The van der Waals surface area contributed by atoms with Crippen LogP contribution >= 0.6 is 11.6 Å². The summed E-state index contributed by atoms with van der Waals surface area (Å²) in [4.78, 5) is 6.55. The molecule has 1 atom stereocenters. The van der Waals surface area contributed by atoms with E-state index in [-0.39, 0.29) is 6.10 Å². The Labute approximate surface area is 187 Å². The van der Waals surface area contributed by atoms with Crippen molar-refractivity contribution in [3.8, 4) is 23.0 Å². The molecule has 0 aliphatic carbocycles. The van der Waals surface area contributed by atoms with E-state index in [1.165, 1.54) is 0 Å². The van der Waals surface area contributed by atoms with E-state index in [1.54, 1.807) is 6.20 Å². The monoisotopic (exact) mass is 452 g/mol. The van der Waals surface area contributed by atoms with Crippen molar-refractivity contribution < 1.29 is 12.6 Å². The van der Waals surface area contributed by atoms with Gasteiger partial charge >= 0.3 is 0 Å². The predicted octanol–water partition coefficient (Wildman–Crippen LogP) is 4.36. The first-order valence-corrected chi connectivity index (χ1v) is 12.0. The number of nitrogens with zero attached hydrogens (tertiary/aromatic N) is 2. The van der Waals surface area contributed by atoms with E-state index in [0.717, 1.165) is 35.2 Å². The fraction of sp³-hybridized carbons (Fsp3) is 0.208. The molecule has 1 aromatic heterocycles. The summed E-state index contributed by atoms with van der Waals surface area (Å²) >= 11 is 5.94. The Kier molecular flexibility index (Phi) is 6.28. The topological polar surface area (TPSA) is 59.5 Å². The minimum atomic E-state index is -3.43. The zero-order valence-electron chi connectivity index (χ0n) is 17.0. The summed E-state index contributed by atoms with van der Waals surface area (Å²) in [5.41, 5.74) is 4.67. The minimum Gasteiger partial charge on any atom is -0.369 e. The molecule has 0 bridgehead atoms. The fourth-order valence-electron chi connectivity index (χ4n) is 3.46. The maximum absolute atomic E-state index is 11.3. The molecule has 158 valence electrons. The predicted molar refractivity (Wildman–Crippen MR) is 124 cm³/mol. The quantitative estimate of drug-likeness (QED) is 0.435. The summed E-state index contributed by atoms with van der Waals surface area (Å²) in [6.45, 7) is 1.32. The van der Waals surface area contributed by atoms with Gasteiger partial charge in [0, 0.05) is 41.1 Å². The molecule has 31 heavy (non-hydrogen) atoms. The lowest BCUT2D eigenvalue weighted by atomic mass is 10.1. The molecule has 1 unspecified atom stereocenters. The first kappa shape index (κ1) is 21.4. The Balaban J connectivity index is 1.39. The molecule has 0 radical (unpaired) electrons. The maximum Gasteiger partial charge on any atom is 0.264 e. The second kappa shape index (κ2) is 9.11. The maximum atomic E-state index is 11.3. The summed E-state index contributed by atoms with van der Waals surface area (Å²) in [5.74, 6) is 6.22. The van der Waals surface area contributed by atoms with Crippen LogP contribution in [0.3, 0.4) is 0 Å². The van der Waals surface area contributed by atoms with Crippen LogP contribution in [-0.4, -0.2) is 38.9 Å². The third-order valence-corrected chi connectivity index (χ3v) is 5.84. The van der Waals surface area contributed by atoms with E-state index >= 15 is 0 Å². The van der Waals surface area contributed by atoms with Crippen LogP contribution in [-0.2, 0) is 14.3 Å². The third kappa shape index (κ3) is 5.86. The lowest BCUT2D eigenvalue weighted by Gasteiger charge is -2.18. The van der Waals surface area contributed by atoms with Gasteiger partial charge in [-0.3, -0.25) is 4.18 Å².